The number of hydrogen-bond acceptors (Lipinski definition) is 6. The Bertz CT molecular complexity index is 1140. The molecule has 1 fully saturated rings. The Labute approximate surface area is 185 Å². The van der Waals surface area contributed by atoms with Gasteiger partial charge >= 0.3 is 0 Å². The Balaban J connectivity index is 1.91. The average molecular weight is 464 g/mol. The molecule has 9 heteroatoms. The van der Waals surface area contributed by atoms with E-state index in [2.05, 4.69) is 0 Å². The normalized spacial score (nSPS) is 18.2. The zero-order valence-electron chi connectivity index (χ0n) is 15.6. The third kappa shape index (κ3) is 3.49. The van der Waals surface area contributed by atoms with E-state index >= 15 is 0 Å². The molecule has 1 aromatic carbocycles. The molecule has 1 N–H and O–H groups in total. The molecular formula is C21H15Cl2NO5S. The highest BCUT2D eigenvalue weighted by atomic mass is 35.5. The number of aliphatic hydroxyl groups is 1. The molecule has 1 unspecified atom stereocenters. The van der Waals surface area contributed by atoms with Gasteiger partial charge in [-0.05, 0) is 35.7 Å². The number of likely N-dealkylation sites (tertiary alicyclic amines) is 1. The van der Waals surface area contributed by atoms with Gasteiger partial charge in [0, 0.05) is 9.90 Å². The fourth-order valence-corrected chi connectivity index (χ4v) is 4.86. The number of Topliss-reactive ketones (excluding diaryl/α,β-unsaturated/α-hetero) is 1. The summed E-state index contributed by atoms with van der Waals surface area (Å²) in [6, 6.07) is 9.13. The van der Waals surface area contributed by atoms with Crippen LogP contribution in [0.5, 0.6) is 5.75 Å². The van der Waals surface area contributed by atoms with Gasteiger partial charge in [-0.15, -0.1) is 11.3 Å². The lowest BCUT2D eigenvalue weighted by Crippen LogP contribution is -2.28. The first-order chi connectivity index (χ1) is 14.4. The van der Waals surface area contributed by atoms with Crippen LogP contribution >= 0.6 is 34.5 Å². The third-order valence-electron chi connectivity index (χ3n) is 4.73. The summed E-state index contributed by atoms with van der Waals surface area (Å²) in [5.74, 6) is -1.29. The highest BCUT2D eigenvalue weighted by Crippen LogP contribution is 2.44. The van der Waals surface area contributed by atoms with Crippen LogP contribution < -0.4 is 4.74 Å². The van der Waals surface area contributed by atoms with E-state index in [1.807, 2.05) is 11.4 Å². The van der Waals surface area contributed by atoms with Gasteiger partial charge in [-0.1, -0.05) is 29.3 Å². The number of aliphatic hydroxyl groups excluding tert-OH is 1. The van der Waals surface area contributed by atoms with Crippen molar-refractivity contribution < 1.29 is 23.8 Å². The smallest absolute Gasteiger partial charge is 0.296 e. The number of hydrogen-bond donors (Lipinski definition) is 1. The van der Waals surface area contributed by atoms with Crippen LogP contribution in [0.15, 0.2) is 58.0 Å². The number of ketones is 1. The topological polar surface area (TPSA) is 80.0 Å². The van der Waals surface area contributed by atoms with E-state index in [1.165, 1.54) is 41.7 Å². The number of thiophene rings is 1. The van der Waals surface area contributed by atoms with Crippen LogP contribution in [-0.2, 0) is 16.1 Å². The molecule has 1 amide bonds. The highest BCUT2D eigenvalue weighted by Gasteiger charge is 2.47. The Kier molecular flexibility index (Phi) is 5.60. The molecule has 30 heavy (non-hydrogen) atoms. The van der Waals surface area contributed by atoms with Gasteiger partial charge in [-0.25, -0.2) is 0 Å². The lowest BCUT2D eigenvalue weighted by Gasteiger charge is -2.23. The van der Waals surface area contributed by atoms with Gasteiger partial charge < -0.3 is 19.2 Å². The number of methoxy groups -OCH3 is 1. The van der Waals surface area contributed by atoms with Crippen molar-refractivity contribution in [2.45, 2.75) is 12.6 Å². The number of carbonyl (C=O) groups is 2. The standard InChI is InChI=1S/C21H15Cl2NO5S/c1-28-20-13(8-11(22)9-14(20)23)18(25)16-17(15-5-3-7-30-15)24(21(27)19(16)26)10-12-4-2-6-29-12/h2-9,17,25H,10H2,1H3/b18-16-. The summed E-state index contributed by atoms with van der Waals surface area (Å²) in [6.45, 7) is 0.0738. The second-order valence-corrected chi connectivity index (χ2v) is 8.31. The fourth-order valence-electron chi connectivity index (χ4n) is 3.44. The van der Waals surface area contributed by atoms with Gasteiger partial charge in [-0.3, -0.25) is 9.59 Å². The highest BCUT2D eigenvalue weighted by molar-refractivity contribution is 7.10. The molecule has 3 aromatic rings. The first-order valence-corrected chi connectivity index (χ1v) is 10.4. The summed E-state index contributed by atoms with van der Waals surface area (Å²) < 4.78 is 10.7. The van der Waals surface area contributed by atoms with Gasteiger partial charge in [0.2, 0.25) is 0 Å². The van der Waals surface area contributed by atoms with E-state index in [9.17, 15) is 14.7 Å². The van der Waals surface area contributed by atoms with Gasteiger partial charge in [0.05, 0.1) is 36.1 Å². The van der Waals surface area contributed by atoms with E-state index in [4.69, 9.17) is 32.4 Å². The summed E-state index contributed by atoms with van der Waals surface area (Å²) in [4.78, 5) is 28.0. The van der Waals surface area contributed by atoms with Gasteiger partial charge in [0.1, 0.15) is 23.3 Å². The number of benzene rings is 1. The van der Waals surface area contributed by atoms with Crippen LogP contribution in [-0.4, -0.2) is 28.8 Å². The van der Waals surface area contributed by atoms with Crippen LogP contribution in [0.2, 0.25) is 10.0 Å². The molecule has 0 saturated carbocycles. The first kappa shape index (κ1) is 20.5. The monoisotopic (exact) mass is 463 g/mol. The van der Waals surface area contributed by atoms with Crippen molar-refractivity contribution in [1.82, 2.24) is 4.90 Å². The van der Waals surface area contributed by atoms with Crippen LogP contribution in [0.4, 0.5) is 0 Å². The number of ether oxygens (including phenoxy) is 1. The summed E-state index contributed by atoms with van der Waals surface area (Å²) in [5.41, 5.74) is 0.0678. The summed E-state index contributed by atoms with van der Waals surface area (Å²) in [6.07, 6.45) is 1.49. The molecule has 0 radical (unpaired) electrons. The van der Waals surface area contributed by atoms with E-state index < -0.39 is 23.5 Å². The predicted molar refractivity (Wildman–Crippen MR) is 114 cm³/mol. The van der Waals surface area contributed by atoms with E-state index in [0.717, 1.165) is 4.88 Å². The lowest BCUT2D eigenvalue weighted by atomic mass is 9.99. The quantitative estimate of drug-likeness (QED) is 0.316. The molecule has 0 bridgehead atoms. The molecule has 2 aromatic heterocycles. The summed E-state index contributed by atoms with van der Waals surface area (Å²) in [5, 5.41) is 13.4. The van der Waals surface area contributed by atoms with Crippen molar-refractivity contribution >= 4 is 52.0 Å². The van der Waals surface area contributed by atoms with Crippen molar-refractivity contribution in [3.05, 3.63) is 79.9 Å². The summed E-state index contributed by atoms with van der Waals surface area (Å²) >= 11 is 13.7. The molecule has 0 aliphatic carbocycles. The third-order valence-corrected chi connectivity index (χ3v) is 6.15. The molecule has 154 valence electrons. The number of furan rings is 1. The minimum atomic E-state index is -0.810. The maximum Gasteiger partial charge on any atom is 0.296 e. The molecule has 0 spiro atoms. The SMILES string of the molecule is COc1c(Cl)cc(Cl)cc1/C(O)=C1/C(=O)C(=O)N(Cc2ccco2)C1c1cccs1. The molecule has 1 aliphatic heterocycles. The number of nitrogens with zero attached hydrogens (tertiary/aromatic N) is 1. The summed E-state index contributed by atoms with van der Waals surface area (Å²) in [7, 11) is 1.39. The van der Waals surface area contributed by atoms with Gasteiger partial charge in [0.15, 0.2) is 0 Å². The zero-order valence-corrected chi connectivity index (χ0v) is 17.9. The Morgan fingerprint density at radius 2 is 2.07 bits per heavy atom. The van der Waals surface area contributed by atoms with Gasteiger partial charge in [-0.2, -0.15) is 0 Å². The average Bonchev–Trinajstić information content (AvgIpc) is 3.46. The Morgan fingerprint density at radius 1 is 1.27 bits per heavy atom. The minimum absolute atomic E-state index is 0.0642. The molecule has 6 nitrogen and oxygen atoms in total. The van der Waals surface area contributed by atoms with Crippen LogP contribution in [0, 0.1) is 0 Å². The van der Waals surface area contributed by atoms with Crippen molar-refractivity contribution in [1.29, 1.82) is 0 Å². The number of halogens is 2. The van der Waals surface area contributed by atoms with E-state index in [-0.39, 0.29) is 33.5 Å². The van der Waals surface area contributed by atoms with Crippen LogP contribution in [0.25, 0.3) is 5.76 Å². The van der Waals surface area contributed by atoms with Crippen molar-refractivity contribution in [3.8, 4) is 5.75 Å². The first-order valence-electron chi connectivity index (χ1n) is 8.80. The van der Waals surface area contributed by atoms with Crippen molar-refractivity contribution in [3.63, 3.8) is 0 Å². The number of rotatable bonds is 5. The van der Waals surface area contributed by atoms with Crippen molar-refractivity contribution in [2.24, 2.45) is 0 Å². The molecule has 3 heterocycles. The van der Waals surface area contributed by atoms with Crippen LogP contribution in [0.1, 0.15) is 22.2 Å². The second kappa shape index (κ2) is 8.18. The van der Waals surface area contributed by atoms with Gasteiger partial charge in [0.25, 0.3) is 11.7 Å². The molecule has 1 aliphatic rings. The Morgan fingerprint density at radius 3 is 2.70 bits per heavy atom. The number of carbonyl (C=O) groups excluding carboxylic acids is 2. The zero-order chi connectivity index (χ0) is 21.4. The predicted octanol–water partition coefficient (Wildman–Crippen LogP) is 5.28. The lowest BCUT2D eigenvalue weighted by molar-refractivity contribution is -0.140. The molecule has 1 atom stereocenters. The van der Waals surface area contributed by atoms with Crippen molar-refractivity contribution in [2.75, 3.05) is 7.11 Å². The Hall–Kier alpha value is -2.74. The maximum atomic E-state index is 13.0. The largest absolute Gasteiger partial charge is 0.507 e. The molecular weight excluding hydrogens is 449 g/mol. The van der Waals surface area contributed by atoms with E-state index in [1.54, 1.807) is 18.2 Å². The molecule has 4 rings (SSSR count). The number of amides is 1. The molecule has 1 saturated heterocycles. The maximum absolute atomic E-state index is 13.0. The minimum Gasteiger partial charge on any atom is -0.507 e. The van der Waals surface area contributed by atoms with Crippen LogP contribution in [0.3, 0.4) is 0 Å². The van der Waals surface area contributed by atoms with E-state index in [0.29, 0.717) is 5.76 Å². The second-order valence-electron chi connectivity index (χ2n) is 6.49. The fraction of sp³-hybridized carbons (Fsp3) is 0.143.